The van der Waals surface area contributed by atoms with Gasteiger partial charge in [-0.2, -0.15) is 0 Å². The van der Waals surface area contributed by atoms with Crippen LogP contribution in [-0.4, -0.2) is 11.7 Å². The third kappa shape index (κ3) is 12.0. The molecule has 0 atom stereocenters. The van der Waals surface area contributed by atoms with E-state index in [0.717, 1.165) is 101 Å². The molecule has 3 nitrogen and oxygen atoms in total. The van der Waals surface area contributed by atoms with Gasteiger partial charge in [0.25, 0.3) is 6.71 Å². The maximum absolute atomic E-state index is 6.06. The highest BCUT2D eigenvalue weighted by Crippen LogP contribution is 2.51. The number of nitrogens with zero attached hydrogens (tertiary/aromatic N) is 3. The molecule has 0 saturated heterocycles. The van der Waals surface area contributed by atoms with Gasteiger partial charge in [-0.15, -0.1) is 0 Å². The topological polar surface area (TPSA) is 19.4 Å². The van der Waals surface area contributed by atoms with Crippen molar-refractivity contribution in [3.63, 3.8) is 0 Å². The third-order valence-corrected chi connectivity index (χ3v) is 19.6. The fourth-order valence-electron chi connectivity index (χ4n) is 14.7. The van der Waals surface area contributed by atoms with Crippen molar-refractivity contribution in [1.82, 2.24) is 4.98 Å². The smallest absolute Gasteiger partial charge is 0.252 e. The summed E-state index contributed by atoms with van der Waals surface area (Å²) in [6.07, 6.45) is 0. The van der Waals surface area contributed by atoms with Gasteiger partial charge in [0.2, 0.25) is 0 Å². The standard InChI is InChI=1S/C91H88BN3/c1-87(2,3)71-54-72(88(4,5)6)56-73(55-71)94-81-42-30-28-40-77(81)92-78-41-29-31-43-82(78)95(74-57-75(89(7,8)9)85(91(13,14)15)76(58-74)90(10,11)12)84-53-70(52-83(94)86(84)92)80-51-68(67-46-63(59-32-20-16-21-33-59)44-64(47-67)60-34-22-17-23-35-60)50-79(93-80)69-48-65(61-36-24-18-25-37-61)45-66(49-69)62-38-26-19-27-39-62/h16-58H,1-15H3. The van der Waals surface area contributed by atoms with Crippen molar-refractivity contribution in [2.24, 2.45) is 0 Å². The zero-order valence-corrected chi connectivity index (χ0v) is 58.2. The molecule has 0 radical (unpaired) electrons. The molecule has 0 fully saturated rings. The van der Waals surface area contributed by atoms with Gasteiger partial charge in [0, 0.05) is 45.3 Å². The normalized spacial score (nSPS) is 13.1. The lowest BCUT2D eigenvalue weighted by atomic mass is 9.33. The van der Waals surface area contributed by atoms with Gasteiger partial charge in [0.05, 0.1) is 11.4 Å². The van der Waals surface area contributed by atoms with Crippen LogP contribution in [0.5, 0.6) is 0 Å². The molecule has 1 aromatic heterocycles. The van der Waals surface area contributed by atoms with Crippen LogP contribution < -0.4 is 26.2 Å². The Morgan fingerprint density at radius 3 is 0.905 bits per heavy atom. The first-order chi connectivity index (χ1) is 45.2. The maximum atomic E-state index is 6.06. The number of aromatic nitrogens is 1. The van der Waals surface area contributed by atoms with Gasteiger partial charge in [-0.1, -0.05) is 268 Å². The minimum Gasteiger partial charge on any atom is -0.311 e. The van der Waals surface area contributed by atoms with Crippen LogP contribution >= 0.6 is 0 Å². The molecule has 3 heterocycles. The van der Waals surface area contributed by atoms with Crippen LogP contribution in [0.1, 0.15) is 132 Å². The number of fused-ring (bicyclic) bond motifs is 4. The third-order valence-electron chi connectivity index (χ3n) is 19.6. The lowest BCUT2D eigenvalue weighted by molar-refractivity contribution is 0.498. The Hall–Kier alpha value is -9.77. The van der Waals surface area contributed by atoms with Crippen LogP contribution in [-0.2, 0) is 27.1 Å². The highest BCUT2D eigenvalue weighted by Gasteiger charge is 2.45. The number of hydrogen-bond acceptors (Lipinski definition) is 3. The van der Waals surface area contributed by atoms with Gasteiger partial charge in [-0.05, 0) is 224 Å². The summed E-state index contributed by atoms with van der Waals surface area (Å²) in [6, 6.07) is 98.2. The molecule has 0 saturated carbocycles. The van der Waals surface area contributed by atoms with Crippen molar-refractivity contribution in [3.05, 3.63) is 289 Å². The summed E-state index contributed by atoms with van der Waals surface area (Å²) >= 11 is 0. The first-order valence-electron chi connectivity index (χ1n) is 34.1. The zero-order chi connectivity index (χ0) is 66.5. The quantitative estimate of drug-likeness (QED) is 0.134. The zero-order valence-electron chi connectivity index (χ0n) is 58.2. The molecule has 0 aliphatic carbocycles. The first kappa shape index (κ1) is 62.7. The van der Waals surface area contributed by atoms with Crippen LogP contribution in [0.2, 0.25) is 0 Å². The Kier molecular flexibility index (Phi) is 15.6. The number of rotatable bonds is 9. The van der Waals surface area contributed by atoms with E-state index in [-0.39, 0.29) is 33.8 Å². The summed E-state index contributed by atoms with van der Waals surface area (Å²) in [7, 11) is 0. The number of para-hydroxylation sites is 2. The molecule has 0 spiro atoms. The second kappa shape index (κ2) is 23.6. The maximum Gasteiger partial charge on any atom is 0.252 e. The van der Waals surface area contributed by atoms with Crippen molar-refractivity contribution >= 4 is 57.2 Å². The molecule has 0 unspecified atom stereocenters. The Bertz CT molecular complexity index is 4560. The van der Waals surface area contributed by atoms with E-state index in [1.807, 2.05) is 0 Å². The summed E-state index contributed by atoms with van der Waals surface area (Å²) < 4.78 is 0. The minimum atomic E-state index is -0.173. The van der Waals surface area contributed by atoms with E-state index in [9.17, 15) is 0 Å². The summed E-state index contributed by atoms with van der Waals surface area (Å²) in [6.45, 7) is 35.6. The average Bonchev–Trinajstić information content (AvgIpc) is 0.695. The van der Waals surface area contributed by atoms with E-state index < -0.39 is 0 Å². The lowest BCUT2D eigenvalue weighted by Crippen LogP contribution is -2.61. The first-order valence-corrected chi connectivity index (χ1v) is 34.1. The van der Waals surface area contributed by atoms with Crippen molar-refractivity contribution in [2.75, 3.05) is 9.80 Å². The number of benzene rings is 11. The Morgan fingerprint density at radius 1 is 0.253 bits per heavy atom. The van der Waals surface area contributed by atoms with E-state index in [1.165, 1.54) is 55.6 Å². The molecule has 14 rings (SSSR count). The van der Waals surface area contributed by atoms with Crippen molar-refractivity contribution in [1.29, 1.82) is 0 Å². The van der Waals surface area contributed by atoms with E-state index in [2.05, 4.69) is 375 Å². The summed E-state index contributed by atoms with van der Waals surface area (Å²) in [5.74, 6) is 0. The second-order valence-electron chi connectivity index (χ2n) is 31.8. The fraction of sp³-hybridized carbons (Fsp3) is 0.220. The summed E-state index contributed by atoms with van der Waals surface area (Å²) in [4.78, 5) is 11.3. The lowest BCUT2D eigenvalue weighted by Gasteiger charge is -2.45. The molecule has 2 aliphatic heterocycles. The number of hydrogen-bond donors (Lipinski definition) is 0. The van der Waals surface area contributed by atoms with Gasteiger partial charge in [-0.3, -0.25) is 0 Å². The predicted octanol–water partition coefficient (Wildman–Crippen LogP) is 23.3. The molecule has 2 aliphatic rings. The molecule has 470 valence electrons. The minimum absolute atomic E-state index is 0.0796. The van der Waals surface area contributed by atoms with Gasteiger partial charge < -0.3 is 9.80 Å². The average molecular weight is 1230 g/mol. The van der Waals surface area contributed by atoms with E-state index in [0.29, 0.717) is 0 Å². The van der Waals surface area contributed by atoms with Crippen LogP contribution in [0.15, 0.2) is 261 Å². The Balaban J connectivity index is 1.13. The Morgan fingerprint density at radius 2 is 0.558 bits per heavy atom. The molecule has 4 heteroatoms. The second-order valence-corrected chi connectivity index (χ2v) is 31.8. The van der Waals surface area contributed by atoms with Crippen molar-refractivity contribution in [3.8, 4) is 78.1 Å². The summed E-state index contributed by atoms with van der Waals surface area (Å²) in [5.41, 5.74) is 32.1. The molecule has 0 N–H and O–H groups in total. The van der Waals surface area contributed by atoms with E-state index >= 15 is 0 Å². The van der Waals surface area contributed by atoms with E-state index in [4.69, 9.17) is 4.98 Å². The molecule has 95 heavy (non-hydrogen) atoms. The fourth-order valence-corrected chi connectivity index (χ4v) is 14.7. The predicted molar refractivity (Wildman–Crippen MR) is 410 cm³/mol. The molecular formula is C91H88BN3. The van der Waals surface area contributed by atoms with Crippen LogP contribution in [0.25, 0.3) is 78.1 Å². The molecule has 0 amide bonds. The molecule has 12 aromatic rings. The largest absolute Gasteiger partial charge is 0.311 e. The van der Waals surface area contributed by atoms with Gasteiger partial charge in [-0.25, -0.2) is 4.98 Å². The van der Waals surface area contributed by atoms with Crippen LogP contribution in [0.4, 0.5) is 34.1 Å². The van der Waals surface area contributed by atoms with Gasteiger partial charge in [0.15, 0.2) is 0 Å². The van der Waals surface area contributed by atoms with E-state index in [1.54, 1.807) is 0 Å². The Labute approximate surface area is 566 Å². The monoisotopic (exact) mass is 1230 g/mol. The van der Waals surface area contributed by atoms with Gasteiger partial charge >= 0.3 is 0 Å². The van der Waals surface area contributed by atoms with Gasteiger partial charge in [0.1, 0.15) is 0 Å². The molecule has 11 aromatic carbocycles. The van der Waals surface area contributed by atoms with Crippen LogP contribution in [0, 0.1) is 0 Å². The highest BCUT2D eigenvalue weighted by atomic mass is 15.2. The van der Waals surface area contributed by atoms with Crippen molar-refractivity contribution in [2.45, 2.75) is 131 Å². The number of anilines is 6. The summed E-state index contributed by atoms with van der Waals surface area (Å²) in [5, 5.41) is 0. The SMILES string of the molecule is CC(C)(C)c1cc(N2c3ccccc3B3c4ccccc4N(c4cc(C(C)(C)C)c(C(C)(C)C)c(C(C)(C)C)c4)c4cc(-c5cc(-c6cc(-c7ccccc7)cc(-c7ccccc7)c6)cc(-c6cc(-c7ccccc7)cc(-c7ccccc7)c6)n5)cc2c43)cc(C(C)(C)C)c1. The van der Waals surface area contributed by atoms with Crippen molar-refractivity contribution < 1.29 is 0 Å². The molecule has 0 bridgehead atoms. The highest BCUT2D eigenvalue weighted by molar-refractivity contribution is 7.00. The van der Waals surface area contributed by atoms with Crippen LogP contribution in [0.3, 0.4) is 0 Å². The molecular weight excluding hydrogens is 1150 g/mol. The number of pyridine rings is 1.